The molecule has 1 saturated heterocycles. The minimum atomic E-state index is -0.528. The van der Waals surface area contributed by atoms with Crippen LogP contribution < -0.4 is 10.6 Å². The molecule has 2 atom stereocenters. The van der Waals surface area contributed by atoms with Gasteiger partial charge < -0.3 is 10.6 Å². The molecule has 0 radical (unpaired) electrons. The Morgan fingerprint density at radius 3 is 2.11 bits per heavy atom. The molecule has 1 heterocycles. The van der Waals surface area contributed by atoms with Gasteiger partial charge in [-0.3, -0.25) is 24.1 Å². The summed E-state index contributed by atoms with van der Waals surface area (Å²) in [4.78, 5) is 50.0. The standard InChI is InChI=1S/C20H23N3O4/c1-12-6-5-7-13(2)18(12)22-16(24)10-21-17(25)11-23-19(26)14-8-3-4-9-15(14)20(23)27/h3-7,14-15H,8-11H2,1-2H3,(H,21,25)(H,22,24)/t14-,15-/m0/s1. The molecule has 4 amide bonds. The molecule has 0 unspecified atom stereocenters. The number of nitrogens with zero attached hydrogens (tertiary/aromatic N) is 1. The normalized spacial score (nSPS) is 21.2. The Balaban J connectivity index is 1.52. The summed E-state index contributed by atoms with van der Waals surface area (Å²) in [6.45, 7) is 3.21. The van der Waals surface area contributed by atoms with Crippen LogP contribution >= 0.6 is 0 Å². The van der Waals surface area contributed by atoms with E-state index in [-0.39, 0.29) is 42.6 Å². The molecule has 1 aliphatic heterocycles. The van der Waals surface area contributed by atoms with Gasteiger partial charge in [0.1, 0.15) is 6.54 Å². The van der Waals surface area contributed by atoms with Crippen LogP contribution in [0, 0.1) is 25.7 Å². The van der Waals surface area contributed by atoms with Crippen molar-refractivity contribution in [3.8, 4) is 0 Å². The third-order valence-electron chi connectivity index (χ3n) is 5.09. The van der Waals surface area contributed by atoms with Crippen LogP contribution in [0.25, 0.3) is 0 Å². The zero-order chi connectivity index (χ0) is 19.6. The SMILES string of the molecule is Cc1cccc(C)c1NC(=O)CNC(=O)CN1C(=O)[C@H]2CC=CC[C@@H]2C1=O. The molecule has 1 fully saturated rings. The van der Waals surface area contributed by atoms with Gasteiger partial charge in [0, 0.05) is 5.69 Å². The Kier molecular flexibility index (Phi) is 5.39. The second kappa shape index (κ2) is 7.73. The number of imide groups is 1. The monoisotopic (exact) mass is 369 g/mol. The predicted octanol–water partition coefficient (Wildman–Crippen LogP) is 1.31. The molecule has 1 aromatic carbocycles. The summed E-state index contributed by atoms with van der Waals surface area (Å²) in [6.07, 6.45) is 4.86. The van der Waals surface area contributed by atoms with Crippen LogP contribution in [0.1, 0.15) is 24.0 Å². The van der Waals surface area contributed by atoms with Crippen molar-refractivity contribution in [1.82, 2.24) is 10.2 Å². The zero-order valence-electron chi connectivity index (χ0n) is 15.5. The van der Waals surface area contributed by atoms with Gasteiger partial charge in [-0.15, -0.1) is 0 Å². The molecule has 2 N–H and O–H groups in total. The Morgan fingerprint density at radius 2 is 1.56 bits per heavy atom. The number of carbonyl (C=O) groups is 4. The van der Waals surface area contributed by atoms with Crippen molar-refractivity contribution in [2.24, 2.45) is 11.8 Å². The second-order valence-corrected chi connectivity index (χ2v) is 7.01. The van der Waals surface area contributed by atoms with Crippen LogP contribution in [0.2, 0.25) is 0 Å². The van der Waals surface area contributed by atoms with Gasteiger partial charge >= 0.3 is 0 Å². The fraction of sp³-hybridized carbons (Fsp3) is 0.400. The minimum absolute atomic E-state index is 0.225. The van der Waals surface area contributed by atoms with Gasteiger partial charge in [0.15, 0.2) is 0 Å². The first-order valence-corrected chi connectivity index (χ1v) is 9.01. The van der Waals surface area contributed by atoms with Gasteiger partial charge in [-0.25, -0.2) is 0 Å². The topological polar surface area (TPSA) is 95.6 Å². The number of hydrogen-bond acceptors (Lipinski definition) is 4. The smallest absolute Gasteiger partial charge is 0.243 e. The molecule has 7 nitrogen and oxygen atoms in total. The molecule has 3 rings (SSSR count). The number of benzene rings is 1. The van der Waals surface area contributed by atoms with Gasteiger partial charge in [-0.1, -0.05) is 30.4 Å². The summed E-state index contributed by atoms with van der Waals surface area (Å²) < 4.78 is 0. The van der Waals surface area contributed by atoms with Gasteiger partial charge in [-0.05, 0) is 37.8 Å². The first kappa shape index (κ1) is 18.8. The van der Waals surface area contributed by atoms with E-state index < -0.39 is 5.91 Å². The molecule has 7 heteroatoms. The lowest BCUT2D eigenvalue weighted by Crippen LogP contribution is -2.43. The number of allylic oxidation sites excluding steroid dienone is 2. The highest BCUT2D eigenvalue weighted by atomic mass is 16.2. The number of likely N-dealkylation sites (tertiary alicyclic amines) is 1. The number of aryl methyl sites for hydroxylation is 2. The largest absolute Gasteiger partial charge is 0.345 e. The Bertz CT molecular complexity index is 784. The van der Waals surface area contributed by atoms with E-state index in [4.69, 9.17) is 0 Å². The van der Waals surface area contributed by atoms with E-state index in [1.54, 1.807) is 0 Å². The number of anilines is 1. The fourth-order valence-electron chi connectivity index (χ4n) is 3.60. The van der Waals surface area contributed by atoms with E-state index in [2.05, 4.69) is 10.6 Å². The third kappa shape index (κ3) is 3.92. The van der Waals surface area contributed by atoms with Crippen LogP contribution in [0.3, 0.4) is 0 Å². The van der Waals surface area contributed by atoms with Crippen molar-refractivity contribution in [3.05, 3.63) is 41.5 Å². The molecule has 2 aliphatic rings. The number of amides is 4. The average molecular weight is 369 g/mol. The quantitative estimate of drug-likeness (QED) is 0.604. The van der Waals surface area contributed by atoms with Gasteiger partial charge in [0.05, 0.1) is 18.4 Å². The lowest BCUT2D eigenvalue weighted by molar-refractivity contribution is -0.143. The lowest BCUT2D eigenvalue weighted by Gasteiger charge is -2.15. The number of rotatable bonds is 5. The Hall–Kier alpha value is -2.96. The number of para-hydroxylation sites is 1. The molecule has 0 saturated carbocycles. The van der Waals surface area contributed by atoms with Crippen LogP contribution in [0.5, 0.6) is 0 Å². The van der Waals surface area contributed by atoms with E-state index in [1.807, 2.05) is 44.2 Å². The number of nitrogens with one attached hydrogen (secondary N) is 2. The molecule has 1 aromatic rings. The summed E-state index contributed by atoms with van der Waals surface area (Å²) in [5.41, 5.74) is 2.58. The maximum absolute atomic E-state index is 12.4. The van der Waals surface area contributed by atoms with Gasteiger partial charge in [0.25, 0.3) is 0 Å². The predicted molar refractivity (Wildman–Crippen MR) is 99.6 cm³/mol. The summed E-state index contributed by atoms with van der Waals surface area (Å²) in [6, 6.07) is 5.68. The van der Waals surface area contributed by atoms with Crippen LogP contribution in [0.4, 0.5) is 5.69 Å². The van der Waals surface area contributed by atoms with Gasteiger partial charge in [0.2, 0.25) is 23.6 Å². The molecule has 0 bridgehead atoms. The molecule has 0 aromatic heterocycles. The summed E-state index contributed by atoms with van der Waals surface area (Å²) in [5.74, 6) is -2.21. The highest BCUT2D eigenvalue weighted by Crippen LogP contribution is 2.34. The number of fused-ring (bicyclic) bond motifs is 1. The molecular weight excluding hydrogens is 346 g/mol. The van der Waals surface area contributed by atoms with Crippen LogP contribution in [-0.2, 0) is 19.2 Å². The fourth-order valence-corrected chi connectivity index (χ4v) is 3.60. The summed E-state index contributed by atoms with van der Waals surface area (Å²) >= 11 is 0. The molecule has 142 valence electrons. The maximum atomic E-state index is 12.4. The molecule has 27 heavy (non-hydrogen) atoms. The van der Waals surface area contributed by atoms with E-state index in [0.29, 0.717) is 12.8 Å². The van der Waals surface area contributed by atoms with Crippen molar-refractivity contribution in [2.75, 3.05) is 18.4 Å². The first-order chi connectivity index (χ1) is 12.9. The van der Waals surface area contributed by atoms with Crippen molar-refractivity contribution in [3.63, 3.8) is 0 Å². The van der Waals surface area contributed by atoms with E-state index in [9.17, 15) is 19.2 Å². The van der Waals surface area contributed by atoms with E-state index in [1.165, 1.54) is 0 Å². The average Bonchev–Trinajstić information content (AvgIpc) is 2.88. The summed E-state index contributed by atoms with van der Waals surface area (Å²) in [5, 5.41) is 5.25. The number of hydrogen-bond donors (Lipinski definition) is 2. The van der Waals surface area contributed by atoms with E-state index >= 15 is 0 Å². The molecule has 0 spiro atoms. The van der Waals surface area contributed by atoms with Crippen molar-refractivity contribution >= 4 is 29.3 Å². The highest BCUT2D eigenvalue weighted by molar-refractivity contribution is 6.07. The summed E-state index contributed by atoms with van der Waals surface area (Å²) in [7, 11) is 0. The molecule has 1 aliphatic carbocycles. The Morgan fingerprint density at radius 1 is 1.00 bits per heavy atom. The van der Waals surface area contributed by atoms with Crippen LogP contribution in [0.15, 0.2) is 30.4 Å². The van der Waals surface area contributed by atoms with Crippen molar-refractivity contribution in [1.29, 1.82) is 0 Å². The maximum Gasteiger partial charge on any atom is 0.243 e. The Labute approximate surface area is 157 Å². The van der Waals surface area contributed by atoms with Gasteiger partial charge in [-0.2, -0.15) is 0 Å². The van der Waals surface area contributed by atoms with E-state index in [0.717, 1.165) is 21.7 Å². The zero-order valence-corrected chi connectivity index (χ0v) is 15.5. The van der Waals surface area contributed by atoms with Crippen LogP contribution in [-0.4, -0.2) is 41.6 Å². The molecular formula is C20H23N3O4. The first-order valence-electron chi connectivity index (χ1n) is 9.01. The lowest BCUT2D eigenvalue weighted by atomic mass is 9.85. The third-order valence-corrected chi connectivity index (χ3v) is 5.09. The minimum Gasteiger partial charge on any atom is -0.345 e. The van der Waals surface area contributed by atoms with Crippen molar-refractivity contribution < 1.29 is 19.2 Å². The van der Waals surface area contributed by atoms with Crippen molar-refractivity contribution in [2.45, 2.75) is 26.7 Å². The highest BCUT2D eigenvalue weighted by Gasteiger charge is 2.47. The number of carbonyl (C=O) groups excluding carboxylic acids is 4. The second-order valence-electron chi connectivity index (χ2n) is 7.01.